The van der Waals surface area contributed by atoms with Crippen LogP contribution in [0.15, 0.2) is 18.2 Å². The van der Waals surface area contributed by atoms with Crippen molar-refractivity contribution in [1.29, 1.82) is 5.26 Å². The number of rotatable bonds is 6. The number of aryl methyl sites for hydroxylation is 2. The molecule has 0 radical (unpaired) electrons. The smallest absolute Gasteiger partial charge is 0.254 e. The Bertz CT molecular complexity index is 1020. The van der Waals surface area contributed by atoms with Gasteiger partial charge in [-0.3, -0.25) is 14.3 Å². The number of benzene rings is 1. The van der Waals surface area contributed by atoms with Gasteiger partial charge in [0.05, 0.1) is 24.7 Å². The molecule has 1 aromatic carbocycles. The zero-order valence-corrected chi connectivity index (χ0v) is 17.7. The average molecular weight is 429 g/mol. The lowest BCUT2D eigenvalue weighted by molar-refractivity contribution is -0.132. The molecule has 164 valence electrons. The highest BCUT2D eigenvalue weighted by molar-refractivity contribution is 5.94. The number of piperazine rings is 1. The molecule has 1 aliphatic heterocycles. The van der Waals surface area contributed by atoms with E-state index in [2.05, 4.69) is 11.2 Å². The summed E-state index contributed by atoms with van der Waals surface area (Å²) < 4.78 is 28.3. The summed E-state index contributed by atoms with van der Waals surface area (Å²) in [6, 6.07) is 5.21. The Kier molecular flexibility index (Phi) is 7.00. The number of nitrogens with zero attached hydrogens (tertiary/aromatic N) is 5. The zero-order valence-electron chi connectivity index (χ0n) is 17.7. The van der Waals surface area contributed by atoms with Gasteiger partial charge in [0.2, 0.25) is 5.91 Å². The van der Waals surface area contributed by atoms with E-state index < -0.39 is 11.6 Å². The van der Waals surface area contributed by atoms with Crippen LogP contribution in [0.5, 0.6) is 0 Å². The number of carbonyl (C=O) groups excluding carboxylic acids is 2. The molecule has 2 heterocycles. The number of halogens is 2. The van der Waals surface area contributed by atoms with Gasteiger partial charge in [-0.05, 0) is 44.0 Å². The van der Waals surface area contributed by atoms with Crippen LogP contribution in [-0.2, 0) is 17.8 Å². The second-order valence-corrected chi connectivity index (χ2v) is 7.58. The van der Waals surface area contributed by atoms with Crippen molar-refractivity contribution in [3.05, 3.63) is 52.3 Å². The summed E-state index contributed by atoms with van der Waals surface area (Å²) >= 11 is 0. The van der Waals surface area contributed by atoms with Gasteiger partial charge in [0.25, 0.3) is 5.91 Å². The third-order valence-corrected chi connectivity index (χ3v) is 5.64. The van der Waals surface area contributed by atoms with Crippen molar-refractivity contribution in [2.24, 2.45) is 0 Å². The van der Waals surface area contributed by atoms with E-state index in [1.807, 2.05) is 13.8 Å². The first-order valence-electron chi connectivity index (χ1n) is 10.2. The van der Waals surface area contributed by atoms with Gasteiger partial charge in [-0.2, -0.15) is 10.4 Å². The maximum Gasteiger partial charge on any atom is 0.254 e. The Hall–Kier alpha value is -3.28. The highest BCUT2D eigenvalue weighted by Gasteiger charge is 2.25. The molecule has 0 aliphatic carbocycles. The van der Waals surface area contributed by atoms with Crippen LogP contribution in [0, 0.1) is 36.8 Å². The van der Waals surface area contributed by atoms with Crippen molar-refractivity contribution >= 4 is 11.8 Å². The van der Waals surface area contributed by atoms with Crippen molar-refractivity contribution in [3.63, 3.8) is 0 Å². The molecule has 0 N–H and O–H groups in total. The predicted octanol–water partition coefficient (Wildman–Crippen LogP) is 2.61. The largest absolute Gasteiger partial charge is 0.339 e. The van der Waals surface area contributed by atoms with Gasteiger partial charge in [-0.25, -0.2) is 8.78 Å². The Morgan fingerprint density at radius 2 is 1.77 bits per heavy atom. The molecule has 31 heavy (non-hydrogen) atoms. The number of nitriles is 1. The van der Waals surface area contributed by atoms with Crippen LogP contribution in [0.4, 0.5) is 8.78 Å². The van der Waals surface area contributed by atoms with Crippen molar-refractivity contribution in [3.8, 4) is 6.07 Å². The van der Waals surface area contributed by atoms with E-state index in [1.165, 1.54) is 6.07 Å². The quantitative estimate of drug-likeness (QED) is 0.707. The molecule has 0 saturated carbocycles. The highest BCUT2D eigenvalue weighted by Crippen LogP contribution is 2.17. The maximum absolute atomic E-state index is 13.4. The van der Waals surface area contributed by atoms with E-state index in [4.69, 9.17) is 5.26 Å². The minimum absolute atomic E-state index is 0.00324. The van der Waals surface area contributed by atoms with Gasteiger partial charge < -0.3 is 9.80 Å². The second kappa shape index (κ2) is 9.69. The first kappa shape index (κ1) is 22.4. The molecule has 3 rings (SSSR count). The van der Waals surface area contributed by atoms with Crippen LogP contribution in [0.2, 0.25) is 0 Å². The number of amides is 2. The third kappa shape index (κ3) is 5.08. The van der Waals surface area contributed by atoms with E-state index in [9.17, 15) is 18.4 Å². The standard InChI is InChI=1S/C22H25F2N5O2/c1-15-18(16(2)29(26-15)9-3-8-25)5-7-21(30)27-10-12-28(13-11-27)22(31)17-4-6-19(23)20(24)14-17/h4,6,14H,3,5,7,9-13H2,1-2H3. The summed E-state index contributed by atoms with van der Waals surface area (Å²) in [4.78, 5) is 28.4. The Labute approximate surface area is 179 Å². The van der Waals surface area contributed by atoms with E-state index in [0.29, 0.717) is 52.0 Å². The SMILES string of the molecule is Cc1nn(CCC#N)c(C)c1CCC(=O)N1CCN(C(=O)c2ccc(F)c(F)c2)CC1. The van der Waals surface area contributed by atoms with Crippen LogP contribution < -0.4 is 0 Å². The first-order chi connectivity index (χ1) is 14.8. The van der Waals surface area contributed by atoms with Crippen LogP contribution in [0.25, 0.3) is 0 Å². The van der Waals surface area contributed by atoms with Gasteiger partial charge in [0.1, 0.15) is 0 Å². The van der Waals surface area contributed by atoms with Crippen molar-refractivity contribution in [2.75, 3.05) is 26.2 Å². The Morgan fingerprint density at radius 3 is 2.42 bits per heavy atom. The normalized spacial score (nSPS) is 13.9. The van der Waals surface area contributed by atoms with Gasteiger partial charge in [-0.15, -0.1) is 0 Å². The zero-order chi connectivity index (χ0) is 22.5. The average Bonchev–Trinajstić information content (AvgIpc) is 3.04. The number of hydrogen-bond acceptors (Lipinski definition) is 4. The fourth-order valence-electron chi connectivity index (χ4n) is 3.83. The summed E-state index contributed by atoms with van der Waals surface area (Å²) in [5.41, 5.74) is 2.96. The van der Waals surface area contributed by atoms with Crippen LogP contribution in [-0.4, -0.2) is 57.6 Å². The van der Waals surface area contributed by atoms with E-state index in [-0.39, 0.29) is 17.4 Å². The monoisotopic (exact) mass is 429 g/mol. The number of hydrogen-bond donors (Lipinski definition) is 0. The molecular weight excluding hydrogens is 404 g/mol. The molecule has 2 amide bonds. The van der Waals surface area contributed by atoms with E-state index in [1.54, 1.807) is 14.5 Å². The molecule has 0 unspecified atom stereocenters. The van der Waals surface area contributed by atoms with Crippen LogP contribution >= 0.6 is 0 Å². The first-order valence-corrected chi connectivity index (χ1v) is 10.2. The van der Waals surface area contributed by atoms with E-state index >= 15 is 0 Å². The molecule has 2 aromatic rings. The molecule has 1 fully saturated rings. The molecule has 1 aliphatic rings. The summed E-state index contributed by atoms with van der Waals surface area (Å²) in [6.07, 6.45) is 1.29. The van der Waals surface area contributed by atoms with Crippen LogP contribution in [0.1, 0.15) is 40.2 Å². The van der Waals surface area contributed by atoms with E-state index in [0.717, 1.165) is 29.1 Å². The summed E-state index contributed by atoms with van der Waals surface area (Å²) in [6.45, 7) is 5.85. The Balaban J connectivity index is 1.53. The fourth-order valence-corrected chi connectivity index (χ4v) is 3.83. The van der Waals surface area contributed by atoms with Gasteiger partial charge in [-0.1, -0.05) is 0 Å². The third-order valence-electron chi connectivity index (χ3n) is 5.64. The summed E-state index contributed by atoms with van der Waals surface area (Å²) in [7, 11) is 0. The van der Waals surface area contributed by atoms with Crippen molar-refractivity contribution in [1.82, 2.24) is 19.6 Å². The molecule has 0 atom stereocenters. The highest BCUT2D eigenvalue weighted by atomic mass is 19.2. The molecule has 1 saturated heterocycles. The van der Waals surface area contributed by atoms with Crippen molar-refractivity contribution < 1.29 is 18.4 Å². The molecular formula is C22H25F2N5O2. The topological polar surface area (TPSA) is 82.2 Å². The lowest BCUT2D eigenvalue weighted by atomic mass is 10.1. The Morgan fingerprint density at radius 1 is 1.10 bits per heavy atom. The lowest BCUT2D eigenvalue weighted by Gasteiger charge is -2.35. The fraction of sp³-hybridized carbons (Fsp3) is 0.455. The van der Waals surface area contributed by atoms with Gasteiger partial charge in [0, 0.05) is 43.9 Å². The summed E-state index contributed by atoms with van der Waals surface area (Å²) in [5.74, 6) is -2.42. The van der Waals surface area contributed by atoms with Gasteiger partial charge >= 0.3 is 0 Å². The predicted molar refractivity (Wildman–Crippen MR) is 109 cm³/mol. The number of carbonyl (C=O) groups is 2. The minimum Gasteiger partial charge on any atom is -0.339 e. The minimum atomic E-state index is -1.05. The summed E-state index contributed by atoms with van der Waals surface area (Å²) in [5, 5.41) is 13.2. The molecule has 0 spiro atoms. The molecule has 9 heteroatoms. The van der Waals surface area contributed by atoms with Crippen LogP contribution in [0.3, 0.4) is 0 Å². The molecule has 1 aromatic heterocycles. The second-order valence-electron chi connectivity index (χ2n) is 7.58. The maximum atomic E-state index is 13.4. The lowest BCUT2D eigenvalue weighted by Crippen LogP contribution is -2.50. The van der Waals surface area contributed by atoms with Gasteiger partial charge in [0.15, 0.2) is 11.6 Å². The molecule has 0 bridgehead atoms. The van der Waals surface area contributed by atoms with Crippen molar-refractivity contribution in [2.45, 2.75) is 39.7 Å². The number of aromatic nitrogens is 2. The molecule has 7 nitrogen and oxygen atoms in total.